The first-order valence-electron chi connectivity index (χ1n) is 7.00. The third-order valence-corrected chi connectivity index (χ3v) is 3.80. The average Bonchev–Trinajstić information content (AvgIpc) is 3.07. The maximum absolute atomic E-state index is 12.1. The van der Waals surface area contributed by atoms with E-state index in [9.17, 15) is 4.79 Å². The number of para-hydroxylation sites is 1. The summed E-state index contributed by atoms with van der Waals surface area (Å²) in [5.41, 5.74) is 1.89. The molecular formula is C16H19N3O2. The van der Waals surface area contributed by atoms with Crippen LogP contribution in [-0.2, 0) is 4.79 Å². The normalized spacial score (nSPS) is 18.6. The van der Waals surface area contributed by atoms with Gasteiger partial charge in [-0.2, -0.15) is 0 Å². The van der Waals surface area contributed by atoms with Crippen molar-refractivity contribution in [3.8, 4) is 0 Å². The van der Waals surface area contributed by atoms with Crippen molar-refractivity contribution in [2.45, 2.75) is 12.1 Å². The number of nitrogens with one attached hydrogen (secondary N) is 2. The molecule has 2 atom stereocenters. The summed E-state index contributed by atoms with van der Waals surface area (Å²) in [5, 5.41) is 6.24. The number of rotatable bonds is 5. The van der Waals surface area contributed by atoms with Crippen molar-refractivity contribution in [1.82, 2.24) is 10.2 Å². The van der Waals surface area contributed by atoms with E-state index in [2.05, 4.69) is 15.5 Å². The number of amides is 1. The van der Waals surface area contributed by atoms with E-state index >= 15 is 0 Å². The first kappa shape index (κ1) is 13.9. The lowest BCUT2D eigenvalue weighted by molar-refractivity contribution is -0.117. The molecule has 110 valence electrons. The molecule has 21 heavy (non-hydrogen) atoms. The smallest absolute Gasteiger partial charge is 0.246 e. The second-order valence-corrected chi connectivity index (χ2v) is 5.41. The Kier molecular flexibility index (Phi) is 3.77. The number of hydrogen-bond acceptors (Lipinski definition) is 4. The van der Waals surface area contributed by atoms with Gasteiger partial charge >= 0.3 is 0 Å². The van der Waals surface area contributed by atoms with Crippen LogP contribution in [0.4, 0.5) is 5.69 Å². The van der Waals surface area contributed by atoms with Gasteiger partial charge in [-0.3, -0.25) is 9.69 Å². The predicted octanol–water partition coefficient (Wildman–Crippen LogP) is 2.17. The summed E-state index contributed by atoms with van der Waals surface area (Å²) in [6.45, 7) is 0.632. The SMILES string of the molecule is CN(C)C(CNC1C(=O)Nc2ccccc21)c1ccco1. The summed E-state index contributed by atoms with van der Waals surface area (Å²) in [4.78, 5) is 14.2. The van der Waals surface area contributed by atoms with Crippen LogP contribution < -0.4 is 10.6 Å². The molecule has 0 bridgehead atoms. The van der Waals surface area contributed by atoms with Crippen LogP contribution in [0.1, 0.15) is 23.4 Å². The highest BCUT2D eigenvalue weighted by Gasteiger charge is 2.30. The predicted molar refractivity (Wildman–Crippen MR) is 81.0 cm³/mol. The number of carbonyl (C=O) groups excluding carboxylic acids is 1. The zero-order chi connectivity index (χ0) is 14.8. The fraction of sp³-hybridized carbons (Fsp3) is 0.312. The van der Waals surface area contributed by atoms with E-state index in [0.29, 0.717) is 6.54 Å². The Morgan fingerprint density at radius 1 is 1.29 bits per heavy atom. The molecule has 2 unspecified atom stereocenters. The highest BCUT2D eigenvalue weighted by molar-refractivity contribution is 6.02. The Morgan fingerprint density at radius 2 is 2.10 bits per heavy atom. The molecular weight excluding hydrogens is 266 g/mol. The topological polar surface area (TPSA) is 57.5 Å². The van der Waals surface area contributed by atoms with Gasteiger partial charge in [-0.25, -0.2) is 0 Å². The summed E-state index contributed by atoms with van der Waals surface area (Å²) in [6, 6.07) is 11.4. The molecule has 0 aliphatic carbocycles. The monoisotopic (exact) mass is 285 g/mol. The van der Waals surface area contributed by atoms with Crippen molar-refractivity contribution in [2.75, 3.05) is 26.0 Å². The molecule has 5 nitrogen and oxygen atoms in total. The van der Waals surface area contributed by atoms with Gasteiger partial charge in [-0.15, -0.1) is 0 Å². The summed E-state index contributed by atoms with van der Waals surface area (Å²) >= 11 is 0. The van der Waals surface area contributed by atoms with Crippen molar-refractivity contribution >= 4 is 11.6 Å². The van der Waals surface area contributed by atoms with E-state index in [4.69, 9.17) is 4.42 Å². The summed E-state index contributed by atoms with van der Waals surface area (Å²) < 4.78 is 5.49. The minimum absolute atomic E-state index is 0.00634. The summed E-state index contributed by atoms with van der Waals surface area (Å²) in [5.74, 6) is 0.882. The molecule has 0 spiro atoms. The van der Waals surface area contributed by atoms with Crippen molar-refractivity contribution < 1.29 is 9.21 Å². The molecule has 3 rings (SSSR count). The number of hydrogen-bond donors (Lipinski definition) is 2. The number of carbonyl (C=O) groups is 1. The van der Waals surface area contributed by atoms with Gasteiger partial charge < -0.3 is 15.1 Å². The molecule has 1 aliphatic rings. The van der Waals surface area contributed by atoms with E-state index < -0.39 is 0 Å². The minimum Gasteiger partial charge on any atom is -0.468 e. The van der Waals surface area contributed by atoms with Crippen LogP contribution >= 0.6 is 0 Å². The largest absolute Gasteiger partial charge is 0.468 e. The molecule has 1 aromatic heterocycles. The molecule has 0 fully saturated rings. The van der Waals surface area contributed by atoms with E-state index in [1.54, 1.807) is 6.26 Å². The molecule has 1 amide bonds. The van der Waals surface area contributed by atoms with Gasteiger partial charge in [0.1, 0.15) is 11.8 Å². The molecule has 2 aromatic rings. The Morgan fingerprint density at radius 3 is 2.81 bits per heavy atom. The van der Waals surface area contributed by atoms with E-state index in [1.165, 1.54) is 0 Å². The van der Waals surface area contributed by atoms with Crippen molar-refractivity contribution in [1.29, 1.82) is 0 Å². The van der Waals surface area contributed by atoms with Crippen LogP contribution in [0.25, 0.3) is 0 Å². The molecule has 5 heteroatoms. The summed E-state index contributed by atoms with van der Waals surface area (Å²) in [6.07, 6.45) is 1.67. The first-order chi connectivity index (χ1) is 10.2. The zero-order valence-electron chi connectivity index (χ0n) is 12.2. The van der Waals surface area contributed by atoms with Crippen LogP contribution in [0.2, 0.25) is 0 Å². The zero-order valence-corrected chi connectivity index (χ0v) is 12.2. The number of benzene rings is 1. The van der Waals surface area contributed by atoms with Gasteiger partial charge in [0, 0.05) is 17.8 Å². The van der Waals surface area contributed by atoms with Crippen LogP contribution in [0.15, 0.2) is 47.1 Å². The maximum Gasteiger partial charge on any atom is 0.246 e. The molecule has 1 aromatic carbocycles. The van der Waals surface area contributed by atoms with Gasteiger partial charge in [0.05, 0.1) is 12.3 Å². The van der Waals surface area contributed by atoms with Crippen molar-refractivity contribution in [2.24, 2.45) is 0 Å². The second kappa shape index (κ2) is 5.71. The Balaban J connectivity index is 1.73. The Labute approximate surface area is 123 Å². The first-order valence-corrected chi connectivity index (χ1v) is 7.00. The highest BCUT2D eigenvalue weighted by atomic mass is 16.3. The fourth-order valence-electron chi connectivity index (χ4n) is 2.66. The molecule has 2 heterocycles. The average molecular weight is 285 g/mol. The quantitative estimate of drug-likeness (QED) is 0.884. The molecule has 2 N–H and O–H groups in total. The third kappa shape index (κ3) is 2.70. The van der Waals surface area contributed by atoms with Crippen LogP contribution in [0.5, 0.6) is 0 Å². The van der Waals surface area contributed by atoms with Crippen LogP contribution in [0, 0.1) is 0 Å². The standard InChI is InChI=1S/C16H19N3O2/c1-19(2)13(14-8-5-9-21-14)10-17-15-11-6-3-4-7-12(11)18-16(15)20/h3-9,13,15,17H,10H2,1-2H3,(H,18,20). The lowest BCUT2D eigenvalue weighted by Gasteiger charge is -2.24. The fourth-order valence-corrected chi connectivity index (χ4v) is 2.66. The Hall–Kier alpha value is -2.11. The number of furan rings is 1. The molecule has 0 saturated heterocycles. The van der Waals surface area contributed by atoms with Gasteiger partial charge in [-0.1, -0.05) is 18.2 Å². The lowest BCUT2D eigenvalue weighted by atomic mass is 10.1. The summed E-state index contributed by atoms with van der Waals surface area (Å²) in [7, 11) is 4.00. The second-order valence-electron chi connectivity index (χ2n) is 5.41. The third-order valence-electron chi connectivity index (χ3n) is 3.80. The van der Waals surface area contributed by atoms with E-state index in [1.807, 2.05) is 50.5 Å². The number of likely N-dealkylation sites (N-methyl/N-ethyl adjacent to an activating group) is 1. The molecule has 1 aliphatic heterocycles. The Bertz CT molecular complexity index is 622. The molecule has 0 saturated carbocycles. The van der Waals surface area contributed by atoms with E-state index in [-0.39, 0.29) is 18.0 Å². The number of anilines is 1. The number of fused-ring (bicyclic) bond motifs is 1. The van der Waals surface area contributed by atoms with Gasteiger partial charge in [0.25, 0.3) is 0 Å². The lowest BCUT2D eigenvalue weighted by Crippen LogP contribution is -2.35. The van der Waals surface area contributed by atoms with Gasteiger partial charge in [0.15, 0.2) is 0 Å². The van der Waals surface area contributed by atoms with E-state index in [0.717, 1.165) is 17.0 Å². The van der Waals surface area contributed by atoms with Gasteiger partial charge in [-0.05, 0) is 32.3 Å². The van der Waals surface area contributed by atoms with Gasteiger partial charge in [0.2, 0.25) is 5.91 Å². The van der Waals surface area contributed by atoms with Crippen molar-refractivity contribution in [3.05, 3.63) is 54.0 Å². The maximum atomic E-state index is 12.1. The van der Waals surface area contributed by atoms with Crippen LogP contribution in [0.3, 0.4) is 0 Å². The molecule has 0 radical (unpaired) electrons. The van der Waals surface area contributed by atoms with Crippen LogP contribution in [-0.4, -0.2) is 31.4 Å². The highest BCUT2D eigenvalue weighted by Crippen LogP contribution is 2.30. The van der Waals surface area contributed by atoms with Crippen molar-refractivity contribution in [3.63, 3.8) is 0 Å². The number of nitrogens with zero attached hydrogens (tertiary/aromatic N) is 1. The minimum atomic E-state index is -0.307.